The molecule has 0 atom stereocenters. The summed E-state index contributed by atoms with van der Waals surface area (Å²) < 4.78 is 31.2. The fourth-order valence-corrected chi connectivity index (χ4v) is 4.12. The average molecular weight is 224 g/mol. The van der Waals surface area contributed by atoms with Gasteiger partial charge >= 0.3 is 0 Å². The van der Waals surface area contributed by atoms with Crippen molar-refractivity contribution in [3.05, 3.63) is 0 Å². The minimum Gasteiger partial charge on any atom is -0.616 e. The van der Waals surface area contributed by atoms with Crippen LogP contribution < -0.4 is 0 Å². The van der Waals surface area contributed by atoms with Crippen molar-refractivity contribution in [2.24, 2.45) is 0 Å². The van der Waals surface area contributed by atoms with E-state index in [4.69, 9.17) is 0 Å². The Morgan fingerprint density at radius 2 is 1.38 bits per heavy atom. The zero-order valence-electron chi connectivity index (χ0n) is 7.70. The Balaban J connectivity index is 0.000000132. The molecule has 2 fully saturated rings. The maximum Gasteiger partial charge on any atom is 0.150 e. The highest BCUT2D eigenvalue weighted by Crippen LogP contribution is 2.08. The molecule has 0 amide bonds. The lowest BCUT2D eigenvalue weighted by Crippen LogP contribution is -1.98. The molecule has 2 saturated heterocycles. The Kier molecular flexibility index (Phi) is 4.55. The third-order valence-electron chi connectivity index (χ3n) is 2.15. The smallest absolute Gasteiger partial charge is 0.150 e. The van der Waals surface area contributed by atoms with E-state index in [2.05, 4.69) is 0 Å². The molecule has 0 N–H and O–H groups in total. The van der Waals surface area contributed by atoms with Crippen LogP contribution in [0.1, 0.15) is 25.7 Å². The van der Waals surface area contributed by atoms with Crippen molar-refractivity contribution in [1.29, 1.82) is 0 Å². The minimum atomic E-state index is -2.55. The largest absolute Gasteiger partial charge is 0.616 e. The van der Waals surface area contributed by atoms with Gasteiger partial charge < -0.3 is 4.55 Å². The van der Waals surface area contributed by atoms with Crippen molar-refractivity contribution >= 4 is 21.0 Å². The van der Waals surface area contributed by atoms with Gasteiger partial charge in [0.2, 0.25) is 0 Å². The lowest BCUT2D eigenvalue weighted by Gasteiger charge is -1.96. The molecule has 2 rings (SSSR count). The van der Waals surface area contributed by atoms with Gasteiger partial charge in [-0.25, -0.2) is 8.42 Å². The maximum atomic E-state index is 10.4. The number of rotatable bonds is 0. The van der Waals surface area contributed by atoms with Gasteiger partial charge in [0.25, 0.3) is 0 Å². The van der Waals surface area contributed by atoms with Gasteiger partial charge in [0.05, 0.1) is 11.5 Å². The molecule has 2 heterocycles. The van der Waals surface area contributed by atoms with Gasteiger partial charge in [0.15, 0.2) is 0 Å². The molecule has 0 saturated carbocycles. The molecule has 0 radical (unpaired) electrons. The molecular weight excluding hydrogens is 208 g/mol. The van der Waals surface area contributed by atoms with Crippen LogP contribution in [0.2, 0.25) is 0 Å². The van der Waals surface area contributed by atoms with Crippen molar-refractivity contribution in [3.63, 3.8) is 0 Å². The highest BCUT2D eigenvalue weighted by Gasteiger charge is 2.16. The van der Waals surface area contributed by atoms with E-state index in [9.17, 15) is 13.0 Å². The lowest BCUT2D eigenvalue weighted by atomic mass is 10.4. The van der Waals surface area contributed by atoms with Crippen LogP contribution in [0.3, 0.4) is 0 Å². The molecule has 2 aliphatic rings. The summed E-state index contributed by atoms with van der Waals surface area (Å²) in [5.41, 5.74) is 0. The van der Waals surface area contributed by atoms with E-state index in [-0.39, 0.29) is 0 Å². The van der Waals surface area contributed by atoms with Crippen molar-refractivity contribution < 1.29 is 13.0 Å². The molecule has 0 spiro atoms. The molecule has 5 heteroatoms. The quantitative estimate of drug-likeness (QED) is 0.570. The van der Waals surface area contributed by atoms with Crippen LogP contribution in [0.25, 0.3) is 0 Å². The highest BCUT2D eigenvalue weighted by molar-refractivity contribution is 7.91. The van der Waals surface area contributed by atoms with E-state index in [1.54, 1.807) is 0 Å². The van der Waals surface area contributed by atoms with Crippen LogP contribution in [0.15, 0.2) is 0 Å². The summed E-state index contributed by atoms with van der Waals surface area (Å²) in [6, 6.07) is 0. The molecule has 2 aliphatic heterocycles. The van der Waals surface area contributed by atoms with Gasteiger partial charge in [0, 0.05) is 0 Å². The van der Waals surface area contributed by atoms with Gasteiger partial charge in [-0.15, -0.1) is 0 Å². The van der Waals surface area contributed by atoms with Crippen LogP contribution in [0.5, 0.6) is 0 Å². The second-order valence-corrected chi connectivity index (χ2v) is 7.41. The van der Waals surface area contributed by atoms with Gasteiger partial charge in [-0.1, -0.05) is 11.2 Å². The van der Waals surface area contributed by atoms with Crippen molar-refractivity contribution in [1.82, 2.24) is 0 Å². The minimum absolute atomic E-state index is 0.423. The van der Waals surface area contributed by atoms with E-state index in [0.29, 0.717) is 11.5 Å². The average Bonchev–Trinajstić information content (AvgIpc) is 2.62. The van der Waals surface area contributed by atoms with Crippen LogP contribution in [-0.4, -0.2) is 36.0 Å². The molecule has 0 aromatic rings. The van der Waals surface area contributed by atoms with Crippen molar-refractivity contribution in [3.8, 4) is 0 Å². The number of hydrogen-bond acceptors (Lipinski definition) is 3. The second kappa shape index (κ2) is 5.22. The van der Waals surface area contributed by atoms with Gasteiger partial charge in [-0.3, -0.25) is 0 Å². The summed E-state index contributed by atoms with van der Waals surface area (Å²) in [6.45, 7) is 0. The molecular formula is C8H16O3S2. The topological polar surface area (TPSA) is 57.2 Å². The molecule has 0 aliphatic carbocycles. The normalized spacial score (nSPS) is 26.8. The molecule has 3 nitrogen and oxygen atoms in total. The van der Waals surface area contributed by atoms with E-state index in [0.717, 1.165) is 24.3 Å². The number of sulfone groups is 1. The lowest BCUT2D eigenvalue weighted by molar-refractivity contribution is 0.600. The van der Waals surface area contributed by atoms with E-state index in [1.807, 2.05) is 0 Å². The molecule has 0 unspecified atom stereocenters. The van der Waals surface area contributed by atoms with Gasteiger partial charge in [-0.05, 0) is 25.7 Å². The van der Waals surface area contributed by atoms with Crippen molar-refractivity contribution in [2.45, 2.75) is 25.7 Å². The van der Waals surface area contributed by atoms with E-state index >= 15 is 0 Å². The fraction of sp³-hybridized carbons (Fsp3) is 1.00. The summed E-state index contributed by atoms with van der Waals surface area (Å²) in [5, 5.41) is 0. The van der Waals surface area contributed by atoms with Gasteiger partial charge in [0.1, 0.15) is 21.3 Å². The van der Waals surface area contributed by atoms with Crippen LogP contribution in [-0.2, 0) is 21.0 Å². The first kappa shape index (κ1) is 11.3. The number of hydrogen-bond donors (Lipinski definition) is 0. The SMILES string of the molecule is O=S1(=O)CCCC1.[O-][S+]1CCCC1. The van der Waals surface area contributed by atoms with Crippen LogP contribution >= 0.6 is 0 Å². The Labute approximate surface area is 83.0 Å². The molecule has 78 valence electrons. The van der Waals surface area contributed by atoms with Crippen LogP contribution in [0, 0.1) is 0 Å². The third kappa shape index (κ3) is 4.88. The standard InChI is InChI=1S/C4H8O2S.C4H8OS/c5-7(6)3-1-2-4-7;5-6-3-1-2-4-6/h1-4H2;1-4H2. The third-order valence-corrected chi connectivity index (χ3v) is 5.46. The van der Waals surface area contributed by atoms with Crippen LogP contribution in [0.4, 0.5) is 0 Å². The Morgan fingerprint density at radius 1 is 0.923 bits per heavy atom. The first-order chi connectivity index (χ1) is 6.10. The first-order valence-corrected chi connectivity index (χ1v) is 7.96. The highest BCUT2D eigenvalue weighted by atomic mass is 32.2. The second-order valence-electron chi connectivity index (χ2n) is 3.41. The molecule has 0 aromatic heterocycles. The van der Waals surface area contributed by atoms with Gasteiger partial charge in [-0.2, -0.15) is 0 Å². The summed E-state index contributed by atoms with van der Waals surface area (Å²) in [7, 11) is -2.55. The Bertz CT molecular complexity index is 218. The first-order valence-electron chi connectivity index (χ1n) is 4.65. The molecule has 13 heavy (non-hydrogen) atoms. The summed E-state index contributed by atoms with van der Waals surface area (Å²) in [6.07, 6.45) is 4.13. The Hall–Kier alpha value is 0.260. The summed E-state index contributed by atoms with van der Waals surface area (Å²) in [4.78, 5) is 0. The summed E-state index contributed by atoms with van der Waals surface area (Å²) in [5.74, 6) is 2.76. The molecule has 0 bridgehead atoms. The van der Waals surface area contributed by atoms with Crippen molar-refractivity contribution in [2.75, 3.05) is 23.0 Å². The predicted octanol–water partition coefficient (Wildman–Crippen LogP) is 0.724. The predicted molar refractivity (Wildman–Crippen MR) is 55.0 cm³/mol. The monoisotopic (exact) mass is 224 g/mol. The maximum absolute atomic E-state index is 10.4. The Morgan fingerprint density at radius 3 is 1.54 bits per heavy atom. The zero-order valence-corrected chi connectivity index (χ0v) is 9.33. The fourth-order valence-electron chi connectivity index (χ4n) is 1.37. The molecule has 0 aromatic carbocycles. The van der Waals surface area contributed by atoms with E-state index < -0.39 is 21.0 Å². The zero-order chi connectivity index (χ0) is 9.73. The summed E-state index contributed by atoms with van der Waals surface area (Å²) >= 11 is -0.423. The van der Waals surface area contributed by atoms with E-state index in [1.165, 1.54) is 12.8 Å².